The molecule has 1 heterocycles. The van der Waals surface area contributed by atoms with Gasteiger partial charge in [-0.05, 0) is 36.8 Å². The molecule has 0 spiro atoms. The summed E-state index contributed by atoms with van der Waals surface area (Å²) < 4.78 is 5.29. The molecule has 0 aliphatic rings. The van der Waals surface area contributed by atoms with E-state index in [9.17, 15) is 4.79 Å². The van der Waals surface area contributed by atoms with Crippen molar-refractivity contribution in [3.63, 3.8) is 0 Å². The van der Waals surface area contributed by atoms with Gasteiger partial charge >= 0.3 is 0 Å². The van der Waals surface area contributed by atoms with Gasteiger partial charge in [0.1, 0.15) is 5.76 Å². The van der Waals surface area contributed by atoms with E-state index in [0.717, 1.165) is 17.7 Å². The van der Waals surface area contributed by atoms with Gasteiger partial charge in [-0.1, -0.05) is 18.5 Å². The molecule has 94 valence electrons. The largest absolute Gasteiger partial charge is 0.464 e. The van der Waals surface area contributed by atoms with Crippen LogP contribution in [0.1, 0.15) is 19.8 Å². The standard InChI is InChI=1S/C14H14ClNO2/c1-2-4-14(17)16-12-7-6-10(9-11(12)15)13-5-3-8-18-13/h3,5-9H,2,4H2,1H3,(H,16,17). The highest BCUT2D eigenvalue weighted by molar-refractivity contribution is 6.34. The number of rotatable bonds is 4. The first-order valence-electron chi connectivity index (χ1n) is 5.84. The fourth-order valence-corrected chi connectivity index (χ4v) is 1.88. The lowest BCUT2D eigenvalue weighted by molar-refractivity contribution is -0.116. The SMILES string of the molecule is CCCC(=O)Nc1ccc(-c2ccco2)cc1Cl. The fourth-order valence-electron chi connectivity index (χ4n) is 1.65. The van der Waals surface area contributed by atoms with E-state index in [0.29, 0.717) is 17.1 Å². The zero-order valence-electron chi connectivity index (χ0n) is 10.1. The summed E-state index contributed by atoms with van der Waals surface area (Å²) in [6.45, 7) is 1.96. The zero-order valence-corrected chi connectivity index (χ0v) is 10.8. The second-order valence-corrected chi connectivity index (χ2v) is 4.38. The number of anilines is 1. The molecule has 0 unspecified atom stereocenters. The summed E-state index contributed by atoms with van der Waals surface area (Å²) in [5.74, 6) is 0.730. The number of furan rings is 1. The van der Waals surface area contributed by atoms with Crippen molar-refractivity contribution in [1.29, 1.82) is 0 Å². The Morgan fingerprint density at radius 3 is 2.83 bits per heavy atom. The highest BCUT2D eigenvalue weighted by atomic mass is 35.5. The summed E-state index contributed by atoms with van der Waals surface area (Å²) >= 11 is 6.13. The molecule has 1 N–H and O–H groups in total. The van der Waals surface area contributed by atoms with Crippen LogP contribution in [0.5, 0.6) is 0 Å². The van der Waals surface area contributed by atoms with Gasteiger partial charge in [0.15, 0.2) is 0 Å². The second-order valence-electron chi connectivity index (χ2n) is 3.97. The van der Waals surface area contributed by atoms with Crippen molar-refractivity contribution < 1.29 is 9.21 Å². The van der Waals surface area contributed by atoms with Crippen molar-refractivity contribution in [3.8, 4) is 11.3 Å². The fraction of sp³-hybridized carbons (Fsp3) is 0.214. The average Bonchev–Trinajstić information content (AvgIpc) is 2.85. The molecule has 2 rings (SSSR count). The van der Waals surface area contributed by atoms with Gasteiger partial charge in [-0.2, -0.15) is 0 Å². The number of hydrogen-bond donors (Lipinski definition) is 1. The quantitative estimate of drug-likeness (QED) is 0.892. The Balaban J connectivity index is 2.18. The summed E-state index contributed by atoms with van der Waals surface area (Å²) in [6, 6.07) is 9.11. The smallest absolute Gasteiger partial charge is 0.224 e. The summed E-state index contributed by atoms with van der Waals surface area (Å²) in [5, 5.41) is 3.29. The Hall–Kier alpha value is -1.74. The minimum Gasteiger partial charge on any atom is -0.464 e. The number of carbonyl (C=O) groups is 1. The normalized spacial score (nSPS) is 10.3. The predicted molar refractivity (Wildman–Crippen MR) is 72.7 cm³/mol. The van der Waals surface area contributed by atoms with Crippen LogP contribution >= 0.6 is 11.6 Å². The van der Waals surface area contributed by atoms with E-state index in [2.05, 4.69) is 5.32 Å². The molecule has 0 saturated carbocycles. The number of benzene rings is 1. The van der Waals surface area contributed by atoms with Gasteiger partial charge in [-0.3, -0.25) is 4.79 Å². The van der Waals surface area contributed by atoms with Crippen LogP contribution in [0.4, 0.5) is 5.69 Å². The molecule has 4 heteroatoms. The minimum absolute atomic E-state index is 0.0230. The predicted octanol–water partition coefficient (Wildman–Crippen LogP) is 4.34. The van der Waals surface area contributed by atoms with E-state index in [1.807, 2.05) is 25.1 Å². The van der Waals surface area contributed by atoms with Gasteiger partial charge in [0.2, 0.25) is 5.91 Å². The first kappa shape index (κ1) is 12.7. The maximum absolute atomic E-state index is 11.5. The molecule has 0 fully saturated rings. The van der Waals surface area contributed by atoms with Crippen LogP contribution in [0.3, 0.4) is 0 Å². The Labute approximate surface area is 111 Å². The van der Waals surface area contributed by atoms with E-state index < -0.39 is 0 Å². The molecule has 0 aliphatic carbocycles. The first-order valence-corrected chi connectivity index (χ1v) is 6.21. The van der Waals surface area contributed by atoms with Crippen LogP contribution in [0.2, 0.25) is 5.02 Å². The van der Waals surface area contributed by atoms with Crippen molar-refractivity contribution >= 4 is 23.2 Å². The summed E-state index contributed by atoms with van der Waals surface area (Å²) in [5.41, 5.74) is 1.52. The molecule has 0 atom stereocenters. The van der Waals surface area contributed by atoms with E-state index in [4.69, 9.17) is 16.0 Å². The van der Waals surface area contributed by atoms with Gasteiger partial charge < -0.3 is 9.73 Å². The van der Waals surface area contributed by atoms with Crippen LogP contribution < -0.4 is 5.32 Å². The Morgan fingerprint density at radius 1 is 1.39 bits per heavy atom. The topological polar surface area (TPSA) is 42.2 Å². The van der Waals surface area contributed by atoms with Gasteiger partial charge in [-0.25, -0.2) is 0 Å². The Kier molecular flexibility index (Phi) is 4.05. The van der Waals surface area contributed by atoms with Crippen LogP contribution in [0.15, 0.2) is 41.0 Å². The Morgan fingerprint density at radius 2 is 2.22 bits per heavy atom. The maximum atomic E-state index is 11.5. The molecule has 1 aromatic carbocycles. The van der Waals surface area contributed by atoms with Crippen molar-refractivity contribution in [2.45, 2.75) is 19.8 Å². The molecule has 1 aromatic heterocycles. The lowest BCUT2D eigenvalue weighted by atomic mass is 10.1. The molecule has 0 aliphatic heterocycles. The molecule has 0 saturated heterocycles. The first-order chi connectivity index (χ1) is 8.70. The number of halogens is 1. The molecule has 2 aromatic rings. The van der Waals surface area contributed by atoms with Gasteiger partial charge in [0.05, 0.1) is 17.0 Å². The molecule has 0 radical (unpaired) electrons. The number of amides is 1. The van der Waals surface area contributed by atoms with Gasteiger partial charge in [0, 0.05) is 12.0 Å². The van der Waals surface area contributed by atoms with Crippen molar-refractivity contribution in [2.24, 2.45) is 0 Å². The summed E-state index contributed by atoms with van der Waals surface area (Å²) in [7, 11) is 0. The van der Waals surface area contributed by atoms with E-state index in [1.165, 1.54) is 0 Å². The number of nitrogens with one attached hydrogen (secondary N) is 1. The molecule has 3 nitrogen and oxygen atoms in total. The van der Waals surface area contributed by atoms with E-state index in [-0.39, 0.29) is 5.91 Å². The number of carbonyl (C=O) groups excluding carboxylic acids is 1. The third-order valence-electron chi connectivity index (χ3n) is 2.53. The van der Waals surface area contributed by atoms with Crippen LogP contribution in [-0.2, 0) is 4.79 Å². The van der Waals surface area contributed by atoms with Gasteiger partial charge in [-0.15, -0.1) is 0 Å². The highest BCUT2D eigenvalue weighted by Gasteiger charge is 2.07. The van der Waals surface area contributed by atoms with E-state index >= 15 is 0 Å². The molecular formula is C14H14ClNO2. The third-order valence-corrected chi connectivity index (χ3v) is 2.84. The monoisotopic (exact) mass is 263 g/mol. The van der Waals surface area contributed by atoms with Crippen LogP contribution in [0, 0.1) is 0 Å². The van der Waals surface area contributed by atoms with Crippen LogP contribution in [0.25, 0.3) is 11.3 Å². The lowest BCUT2D eigenvalue weighted by Crippen LogP contribution is -2.10. The highest BCUT2D eigenvalue weighted by Crippen LogP contribution is 2.29. The van der Waals surface area contributed by atoms with E-state index in [1.54, 1.807) is 18.4 Å². The number of hydrogen-bond acceptors (Lipinski definition) is 2. The summed E-state index contributed by atoms with van der Waals surface area (Å²) in [6.07, 6.45) is 2.92. The lowest BCUT2D eigenvalue weighted by Gasteiger charge is -2.07. The third kappa shape index (κ3) is 2.93. The zero-order chi connectivity index (χ0) is 13.0. The molecule has 0 bridgehead atoms. The summed E-state index contributed by atoms with van der Waals surface area (Å²) in [4.78, 5) is 11.5. The van der Waals surface area contributed by atoms with Gasteiger partial charge in [0.25, 0.3) is 0 Å². The maximum Gasteiger partial charge on any atom is 0.224 e. The average molecular weight is 264 g/mol. The molecule has 18 heavy (non-hydrogen) atoms. The minimum atomic E-state index is -0.0230. The van der Waals surface area contributed by atoms with Crippen molar-refractivity contribution in [2.75, 3.05) is 5.32 Å². The van der Waals surface area contributed by atoms with Crippen molar-refractivity contribution in [3.05, 3.63) is 41.6 Å². The molecular weight excluding hydrogens is 250 g/mol. The second kappa shape index (κ2) is 5.74. The molecule has 1 amide bonds. The Bertz CT molecular complexity index is 535. The van der Waals surface area contributed by atoms with Crippen LogP contribution in [-0.4, -0.2) is 5.91 Å². The van der Waals surface area contributed by atoms with Crippen molar-refractivity contribution in [1.82, 2.24) is 0 Å².